The molecule has 0 unspecified atom stereocenters. The molecule has 0 atom stereocenters. The molecule has 1 aromatic carbocycles. The first-order valence-electron chi connectivity index (χ1n) is 6.21. The van der Waals surface area contributed by atoms with E-state index in [0.29, 0.717) is 17.1 Å². The van der Waals surface area contributed by atoms with Gasteiger partial charge in [-0.05, 0) is 12.1 Å². The highest BCUT2D eigenvalue weighted by Gasteiger charge is 2.10. The van der Waals surface area contributed by atoms with Crippen molar-refractivity contribution < 1.29 is 33.9 Å². The molecule has 0 radical (unpaired) electrons. The summed E-state index contributed by atoms with van der Waals surface area (Å²) in [6.45, 7) is 5.80. The Balaban J connectivity index is 0.00000180. The summed E-state index contributed by atoms with van der Waals surface area (Å²) in [5.74, 6) is -0.249. The fraction of sp³-hybridized carbons (Fsp3) is 0.538. The molecule has 0 bridgehead atoms. The van der Waals surface area contributed by atoms with E-state index < -0.39 is 0 Å². The SMILES string of the molecule is Fc1cccc(Cl)c1CNCCN1CCOCC1.[Cl-].[Cl-]. The van der Waals surface area contributed by atoms with Crippen LogP contribution in [0.1, 0.15) is 5.56 Å². The molecule has 7 heteroatoms. The van der Waals surface area contributed by atoms with Crippen LogP contribution in [0.5, 0.6) is 0 Å². The lowest BCUT2D eigenvalue weighted by Crippen LogP contribution is -3.00. The topological polar surface area (TPSA) is 24.5 Å². The molecule has 0 aromatic heterocycles. The third-order valence-electron chi connectivity index (χ3n) is 3.07. The molecule has 1 heterocycles. The zero-order valence-corrected chi connectivity index (χ0v) is 13.3. The molecule has 0 amide bonds. The van der Waals surface area contributed by atoms with Crippen LogP contribution in [-0.2, 0) is 11.3 Å². The molecule has 1 fully saturated rings. The molecule has 3 nitrogen and oxygen atoms in total. The average molecular weight is 344 g/mol. The van der Waals surface area contributed by atoms with Gasteiger partial charge >= 0.3 is 0 Å². The maximum atomic E-state index is 13.5. The second-order valence-corrected chi connectivity index (χ2v) is 4.74. The minimum Gasteiger partial charge on any atom is -1.00 e. The van der Waals surface area contributed by atoms with E-state index in [-0.39, 0.29) is 30.6 Å². The molecular weight excluding hydrogens is 326 g/mol. The smallest absolute Gasteiger partial charge is 0.129 e. The van der Waals surface area contributed by atoms with Gasteiger partial charge < -0.3 is 34.9 Å². The Morgan fingerprint density at radius 3 is 2.60 bits per heavy atom. The van der Waals surface area contributed by atoms with Crippen LogP contribution < -0.4 is 30.1 Å². The summed E-state index contributed by atoms with van der Waals surface area (Å²) in [5, 5.41) is 3.70. The highest BCUT2D eigenvalue weighted by atomic mass is 35.5. The van der Waals surface area contributed by atoms with Crippen molar-refractivity contribution in [1.82, 2.24) is 10.2 Å². The molecule has 1 aliphatic heterocycles. The zero-order chi connectivity index (χ0) is 12.8. The summed E-state index contributed by atoms with van der Waals surface area (Å²) >= 11 is 5.95. The van der Waals surface area contributed by atoms with Gasteiger partial charge in [-0.2, -0.15) is 0 Å². The van der Waals surface area contributed by atoms with Gasteiger partial charge in [0.05, 0.1) is 13.2 Å². The Hall–Kier alpha value is -0.100. The lowest BCUT2D eigenvalue weighted by atomic mass is 10.2. The summed E-state index contributed by atoms with van der Waals surface area (Å²) in [7, 11) is 0. The van der Waals surface area contributed by atoms with Crippen LogP contribution >= 0.6 is 11.6 Å². The van der Waals surface area contributed by atoms with Gasteiger partial charge in [0.25, 0.3) is 0 Å². The second kappa shape index (κ2) is 10.6. The molecule has 1 N–H and O–H groups in total. The van der Waals surface area contributed by atoms with E-state index in [1.54, 1.807) is 12.1 Å². The van der Waals surface area contributed by atoms with Crippen molar-refractivity contribution >= 4 is 11.6 Å². The van der Waals surface area contributed by atoms with Gasteiger partial charge in [0, 0.05) is 43.3 Å². The first-order chi connectivity index (χ1) is 8.77. The van der Waals surface area contributed by atoms with E-state index in [2.05, 4.69) is 10.2 Å². The minimum absolute atomic E-state index is 0. The first kappa shape index (κ1) is 19.9. The van der Waals surface area contributed by atoms with E-state index >= 15 is 0 Å². The van der Waals surface area contributed by atoms with E-state index in [0.717, 1.165) is 39.4 Å². The van der Waals surface area contributed by atoms with Crippen LogP contribution in [0, 0.1) is 5.82 Å². The minimum atomic E-state index is -0.249. The molecule has 1 aliphatic rings. The van der Waals surface area contributed by atoms with Gasteiger partial charge in [-0.3, -0.25) is 4.90 Å². The van der Waals surface area contributed by atoms with Crippen LogP contribution in [0.25, 0.3) is 0 Å². The normalized spacial score (nSPS) is 15.3. The Kier molecular flexibility index (Phi) is 10.5. The maximum Gasteiger partial charge on any atom is 0.129 e. The van der Waals surface area contributed by atoms with Crippen molar-refractivity contribution in [2.24, 2.45) is 0 Å². The highest BCUT2D eigenvalue weighted by Crippen LogP contribution is 2.18. The lowest BCUT2D eigenvalue weighted by Gasteiger charge is -2.26. The number of nitrogens with zero attached hydrogens (tertiary/aromatic N) is 1. The van der Waals surface area contributed by atoms with Crippen LogP contribution in [0.3, 0.4) is 0 Å². The fourth-order valence-corrected chi connectivity index (χ4v) is 2.21. The summed E-state index contributed by atoms with van der Waals surface area (Å²) in [5.41, 5.74) is 0.543. The highest BCUT2D eigenvalue weighted by molar-refractivity contribution is 6.31. The van der Waals surface area contributed by atoms with Gasteiger partial charge in [0.1, 0.15) is 5.82 Å². The van der Waals surface area contributed by atoms with Crippen molar-refractivity contribution in [2.45, 2.75) is 6.54 Å². The number of morpholine rings is 1. The molecule has 1 aromatic rings. The Bertz CT molecular complexity index is 370. The number of hydrogen-bond acceptors (Lipinski definition) is 3. The summed E-state index contributed by atoms with van der Waals surface area (Å²) < 4.78 is 18.8. The third kappa shape index (κ3) is 6.12. The molecule has 0 aliphatic carbocycles. The quantitative estimate of drug-likeness (QED) is 0.550. The predicted molar refractivity (Wildman–Crippen MR) is 70.4 cm³/mol. The molecule has 0 saturated carbocycles. The summed E-state index contributed by atoms with van der Waals surface area (Å²) in [6, 6.07) is 4.77. The van der Waals surface area contributed by atoms with E-state index in [9.17, 15) is 4.39 Å². The monoisotopic (exact) mass is 342 g/mol. The molecule has 1 saturated heterocycles. The number of ether oxygens (including phenoxy) is 1. The average Bonchev–Trinajstić information content (AvgIpc) is 2.38. The Morgan fingerprint density at radius 1 is 1.25 bits per heavy atom. The van der Waals surface area contributed by atoms with Gasteiger partial charge in [0.15, 0.2) is 0 Å². The van der Waals surface area contributed by atoms with Gasteiger partial charge in [-0.15, -0.1) is 0 Å². The number of benzene rings is 1. The van der Waals surface area contributed by atoms with Crippen molar-refractivity contribution in [3.63, 3.8) is 0 Å². The zero-order valence-electron chi connectivity index (χ0n) is 11.0. The van der Waals surface area contributed by atoms with Crippen LogP contribution in [0.15, 0.2) is 18.2 Å². The number of hydrogen-bond donors (Lipinski definition) is 1. The number of rotatable bonds is 5. The van der Waals surface area contributed by atoms with Crippen LogP contribution in [0.2, 0.25) is 5.02 Å². The molecule has 2 rings (SSSR count). The van der Waals surface area contributed by atoms with Crippen molar-refractivity contribution in [3.8, 4) is 0 Å². The predicted octanol–water partition coefficient (Wildman–Crippen LogP) is -4.09. The van der Waals surface area contributed by atoms with Crippen molar-refractivity contribution in [1.29, 1.82) is 0 Å². The van der Waals surface area contributed by atoms with E-state index in [4.69, 9.17) is 16.3 Å². The standard InChI is InChI=1S/C13H18ClFN2O.2ClH/c14-12-2-1-3-13(15)11(12)10-16-4-5-17-6-8-18-9-7-17;;/h1-3,16H,4-10H2;2*1H/p-2. The molecular formula is C13H18Cl3FN2O-2. The second-order valence-electron chi connectivity index (χ2n) is 4.33. The maximum absolute atomic E-state index is 13.5. The van der Waals surface area contributed by atoms with E-state index in [1.165, 1.54) is 6.07 Å². The fourth-order valence-electron chi connectivity index (χ4n) is 1.98. The Morgan fingerprint density at radius 2 is 1.95 bits per heavy atom. The number of halogens is 4. The van der Waals surface area contributed by atoms with E-state index in [1.807, 2.05) is 0 Å². The Labute approximate surface area is 136 Å². The number of nitrogens with one attached hydrogen (secondary N) is 1. The van der Waals surface area contributed by atoms with Crippen LogP contribution in [-0.4, -0.2) is 44.3 Å². The van der Waals surface area contributed by atoms with Crippen LogP contribution in [0.4, 0.5) is 4.39 Å². The molecule has 0 spiro atoms. The summed E-state index contributed by atoms with van der Waals surface area (Å²) in [4.78, 5) is 2.33. The molecule has 20 heavy (non-hydrogen) atoms. The van der Waals surface area contributed by atoms with Crippen molar-refractivity contribution in [3.05, 3.63) is 34.6 Å². The van der Waals surface area contributed by atoms with Gasteiger partial charge in [-0.1, -0.05) is 17.7 Å². The third-order valence-corrected chi connectivity index (χ3v) is 3.43. The largest absolute Gasteiger partial charge is 1.00 e. The summed E-state index contributed by atoms with van der Waals surface area (Å²) in [6.07, 6.45) is 0. The van der Waals surface area contributed by atoms with Gasteiger partial charge in [0.2, 0.25) is 0 Å². The first-order valence-corrected chi connectivity index (χ1v) is 6.59. The van der Waals surface area contributed by atoms with Crippen molar-refractivity contribution in [2.75, 3.05) is 39.4 Å². The molecule has 116 valence electrons. The van der Waals surface area contributed by atoms with Gasteiger partial charge in [-0.25, -0.2) is 4.39 Å². The lowest BCUT2D eigenvalue weighted by molar-refractivity contribution is -0.00100.